The standard InChI is InChI=1S/C21H19N3O4/c1-21(2)18(25)17(15-10-12(11-22)8-9-16(15)28-21)27-19-13-6-4-5-7-14(13)20(26)24(3)23-19/h4-10,17-18,25H,1-3H3. The monoisotopic (exact) mass is 377 g/mol. The first-order valence-corrected chi connectivity index (χ1v) is 8.85. The summed E-state index contributed by atoms with van der Waals surface area (Å²) in [5.41, 5.74) is -0.155. The van der Waals surface area contributed by atoms with E-state index in [1.165, 1.54) is 4.68 Å². The van der Waals surface area contributed by atoms with Crippen LogP contribution in [0.1, 0.15) is 31.1 Å². The first-order valence-electron chi connectivity index (χ1n) is 8.85. The van der Waals surface area contributed by atoms with Gasteiger partial charge >= 0.3 is 0 Å². The average molecular weight is 377 g/mol. The van der Waals surface area contributed by atoms with Gasteiger partial charge < -0.3 is 14.6 Å². The zero-order valence-electron chi connectivity index (χ0n) is 15.7. The normalized spacial score (nSPS) is 20.1. The fourth-order valence-corrected chi connectivity index (χ4v) is 3.41. The van der Waals surface area contributed by atoms with Crippen molar-refractivity contribution in [2.75, 3.05) is 0 Å². The molecule has 142 valence electrons. The molecule has 0 fully saturated rings. The van der Waals surface area contributed by atoms with Crippen LogP contribution in [0.25, 0.3) is 10.8 Å². The first kappa shape index (κ1) is 18.0. The summed E-state index contributed by atoms with van der Waals surface area (Å²) in [6, 6.07) is 14.1. The minimum Gasteiger partial charge on any atom is -0.485 e. The molecule has 0 amide bonds. The smallest absolute Gasteiger partial charge is 0.274 e. The highest BCUT2D eigenvalue weighted by molar-refractivity contribution is 5.85. The molecule has 7 heteroatoms. The largest absolute Gasteiger partial charge is 0.485 e. The van der Waals surface area contributed by atoms with Gasteiger partial charge in [0, 0.05) is 12.6 Å². The number of aromatic nitrogens is 2. The number of hydrogen-bond donors (Lipinski definition) is 1. The van der Waals surface area contributed by atoms with Crippen LogP contribution in [0.15, 0.2) is 47.3 Å². The summed E-state index contributed by atoms with van der Waals surface area (Å²) < 4.78 is 13.3. The van der Waals surface area contributed by atoms with E-state index in [1.807, 2.05) is 0 Å². The molecule has 1 aliphatic heterocycles. The highest BCUT2D eigenvalue weighted by atomic mass is 16.5. The number of aryl methyl sites for hydroxylation is 1. The third-order valence-electron chi connectivity index (χ3n) is 4.98. The van der Waals surface area contributed by atoms with Crippen molar-refractivity contribution in [1.82, 2.24) is 9.78 Å². The SMILES string of the molecule is Cn1nc(OC2c3cc(C#N)ccc3OC(C)(C)C2O)c2ccccc2c1=O. The zero-order valence-corrected chi connectivity index (χ0v) is 15.7. The number of hydrogen-bond acceptors (Lipinski definition) is 6. The molecule has 28 heavy (non-hydrogen) atoms. The van der Waals surface area contributed by atoms with Crippen LogP contribution in [-0.2, 0) is 7.05 Å². The molecule has 2 atom stereocenters. The van der Waals surface area contributed by atoms with E-state index in [0.29, 0.717) is 27.6 Å². The van der Waals surface area contributed by atoms with Gasteiger partial charge in [-0.2, -0.15) is 5.26 Å². The van der Waals surface area contributed by atoms with Crippen molar-refractivity contribution in [3.05, 3.63) is 63.9 Å². The summed E-state index contributed by atoms with van der Waals surface area (Å²) in [7, 11) is 1.55. The summed E-state index contributed by atoms with van der Waals surface area (Å²) in [4.78, 5) is 12.4. The van der Waals surface area contributed by atoms with Gasteiger partial charge in [0.1, 0.15) is 17.5 Å². The minimum atomic E-state index is -1.02. The van der Waals surface area contributed by atoms with Gasteiger partial charge in [-0.25, -0.2) is 4.68 Å². The number of benzene rings is 2. The summed E-state index contributed by atoms with van der Waals surface area (Å²) in [5, 5.41) is 25.5. The molecule has 0 aliphatic carbocycles. The lowest BCUT2D eigenvalue weighted by atomic mass is 9.87. The van der Waals surface area contributed by atoms with Crippen LogP contribution >= 0.6 is 0 Å². The maximum absolute atomic E-state index is 12.4. The van der Waals surface area contributed by atoms with Crippen molar-refractivity contribution >= 4 is 10.8 Å². The van der Waals surface area contributed by atoms with Crippen LogP contribution in [-0.4, -0.2) is 26.6 Å². The molecule has 1 aromatic heterocycles. The lowest BCUT2D eigenvalue weighted by Crippen LogP contribution is -2.50. The highest BCUT2D eigenvalue weighted by Crippen LogP contribution is 2.42. The summed E-state index contributed by atoms with van der Waals surface area (Å²) in [6.07, 6.45) is -1.84. The molecule has 0 radical (unpaired) electrons. The topological polar surface area (TPSA) is 97.4 Å². The third kappa shape index (κ3) is 2.79. The lowest BCUT2D eigenvalue weighted by molar-refractivity contribution is -0.104. The number of nitrogens with zero attached hydrogens (tertiary/aromatic N) is 3. The van der Waals surface area contributed by atoms with E-state index in [-0.39, 0.29) is 11.4 Å². The second-order valence-corrected chi connectivity index (χ2v) is 7.33. The van der Waals surface area contributed by atoms with Crippen molar-refractivity contribution in [2.45, 2.75) is 31.7 Å². The highest BCUT2D eigenvalue weighted by Gasteiger charge is 2.45. The molecule has 4 rings (SSSR count). The first-order chi connectivity index (χ1) is 13.3. The van der Waals surface area contributed by atoms with Gasteiger partial charge in [-0.05, 0) is 44.2 Å². The second-order valence-electron chi connectivity index (χ2n) is 7.33. The van der Waals surface area contributed by atoms with E-state index in [4.69, 9.17) is 9.47 Å². The van der Waals surface area contributed by atoms with Crippen LogP contribution < -0.4 is 15.0 Å². The molecule has 0 saturated heterocycles. The number of fused-ring (bicyclic) bond motifs is 2. The van der Waals surface area contributed by atoms with Gasteiger partial charge in [-0.3, -0.25) is 4.79 Å². The molecule has 7 nitrogen and oxygen atoms in total. The lowest BCUT2D eigenvalue weighted by Gasteiger charge is -2.41. The third-order valence-corrected chi connectivity index (χ3v) is 4.98. The molecule has 1 N–H and O–H groups in total. The van der Waals surface area contributed by atoms with Gasteiger partial charge in [0.2, 0.25) is 5.88 Å². The van der Waals surface area contributed by atoms with Gasteiger partial charge in [-0.1, -0.05) is 12.1 Å². The predicted octanol–water partition coefficient (Wildman–Crippen LogP) is 2.46. The average Bonchev–Trinajstić information content (AvgIpc) is 2.68. The number of nitriles is 1. The molecule has 2 aromatic carbocycles. The van der Waals surface area contributed by atoms with Crippen LogP contribution in [0.3, 0.4) is 0 Å². The Morgan fingerprint density at radius 1 is 1.25 bits per heavy atom. The summed E-state index contributed by atoms with van der Waals surface area (Å²) >= 11 is 0. The van der Waals surface area contributed by atoms with E-state index in [2.05, 4.69) is 11.2 Å². The Balaban J connectivity index is 1.88. The minimum absolute atomic E-state index is 0.229. The van der Waals surface area contributed by atoms with Gasteiger partial charge in [-0.15, -0.1) is 5.10 Å². The molecule has 0 bridgehead atoms. The Bertz CT molecular complexity index is 1180. The zero-order chi connectivity index (χ0) is 20.1. The molecule has 3 aromatic rings. The Labute approximate surface area is 161 Å². The molecule has 0 saturated carbocycles. The van der Waals surface area contributed by atoms with E-state index >= 15 is 0 Å². The van der Waals surface area contributed by atoms with E-state index < -0.39 is 17.8 Å². The second kappa shape index (κ2) is 6.36. The fourth-order valence-electron chi connectivity index (χ4n) is 3.41. The number of aliphatic hydroxyl groups excluding tert-OH is 1. The van der Waals surface area contributed by atoms with Crippen molar-refractivity contribution in [2.24, 2.45) is 7.05 Å². The Morgan fingerprint density at radius 3 is 2.68 bits per heavy atom. The van der Waals surface area contributed by atoms with Crippen molar-refractivity contribution in [3.63, 3.8) is 0 Å². The van der Waals surface area contributed by atoms with Crippen LogP contribution in [0.4, 0.5) is 0 Å². The van der Waals surface area contributed by atoms with Crippen LogP contribution in [0.5, 0.6) is 11.6 Å². The Hall–Kier alpha value is -3.37. The fraction of sp³-hybridized carbons (Fsp3) is 0.286. The maximum Gasteiger partial charge on any atom is 0.274 e. The molecule has 2 unspecified atom stereocenters. The summed E-state index contributed by atoms with van der Waals surface area (Å²) in [5.74, 6) is 0.765. The van der Waals surface area contributed by atoms with E-state index in [1.54, 1.807) is 63.4 Å². The van der Waals surface area contributed by atoms with Crippen molar-refractivity contribution < 1.29 is 14.6 Å². The number of rotatable bonds is 2. The maximum atomic E-state index is 12.4. The number of ether oxygens (including phenoxy) is 2. The van der Waals surface area contributed by atoms with Crippen molar-refractivity contribution in [1.29, 1.82) is 5.26 Å². The van der Waals surface area contributed by atoms with Crippen molar-refractivity contribution in [3.8, 4) is 17.7 Å². The van der Waals surface area contributed by atoms with Gasteiger partial charge in [0.05, 0.1) is 22.4 Å². The molecule has 1 aliphatic rings. The Morgan fingerprint density at radius 2 is 1.96 bits per heavy atom. The van der Waals surface area contributed by atoms with Gasteiger partial charge in [0.15, 0.2) is 6.10 Å². The molecule has 0 spiro atoms. The number of aliphatic hydroxyl groups is 1. The van der Waals surface area contributed by atoms with E-state index in [9.17, 15) is 15.2 Å². The van der Waals surface area contributed by atoms with E-state index in [0.717, 1.165) is 0 Å². The molecular weight excluding hydrogens is 358 g/mol. The Kier molecular flexibility index (Phi) is 4.09. The van der Waals surface area contributed by atoms with Gasteiger partial charge in [0.25, 0.3) is 5.56 Å². The quantitative estimate of drug-likeness (QED) is 0.737. The molecular formula is C21H19N3O4. The van der Waals surface area contributed by atoms with Crippen LogP contribution in [0.2, 0.25) is 0 Å². The summed E-state index contributed by atoms with van der Waals surface area (Å²) in [6.45, 7) is 3.53. The van der Waals surface area contributed by atoms with Crippen LogP contribution in [0, 0.1) is 11.3 Å². The molecule has 2 heterocycles. The predicted molar refractivity (Wildman–Crippen MR) is 102 cm³/mol.